The lowest BCUT2D eigenvalue weighted by molar-refractivity contribution is 0.0836. The van der Waals surface area contributed by atoms with E-state index in [2.05, 4.69) is 10.1 Å². The van der Waals surface area contributed by atoms with Gasteiger partial charge in [0.1, 0.15) is 11.6 Å². The molecule has 0 saturated heterocycles. The molecule has 1 aliphatic heterocycles. The molecule has 0 aliphatic carbocycles. The summed E-state index contributed by atoms with van der Waals surface area (Å²) in [6.07, 6.45) is 2.11. The van der Waals surface area contributed by atoms with E-state index in [1.54, 1.807) is 25.6 Å². The summed E-state index contributed by atoms with van der Waals surface area (Å²) in [6.45, 7) is 2.00. The van der Waals surface area contributed by atoms with Crippen molar-refractivity contribution in [2.75, 3.05) is 21.2 Å². The summed E-state index contributed by atoms with van der Waals surface area (Å²) in [7, 11) is 5.47. The standard InChI is InChI=1S/C20H22FN3O2/c1-13-9-16(19(25-4)10-17(13)22-12-24(2)3)20-11-18(23-26-20)14-5-7-15(21)8-6-14/h5-10,12,20H,11H2,1-4H3. The molecule has 2 aromatic carbocycles. The smallest absolute Gasteiger partial charge is 0.161 e. The number of hydrogen-bond acceptors (Lipinski definition) is 4. The molecular formula is C20H22FN3O2. The first-order valence-electron chi connectivity index (χ1n) is 8.35. The van der Waals surface area contributed by atoms with Gasteiger partial charge >= 0.3 is 0 Å². The molecule has 1 heterocycles. The van der Waals surface area contributed by atoms with Crippen LogP contribution in [-0.4, -0.2) is 38.2 Å². The highest BCUT2D eigenvalue weighted by Crippen LogP contribution is 2.38. The predicted molar refractivity (Wildman–Crippen MR) is 101 cm³/mol. The van der Waals surface area contributed by atoms with E-state index in [-0.39, 0.29) is 11.9 Å². The van der Waals surface area contributed by atoms with Crippen molar-refractivity contribution in [2.45, 2.75) is 19.4 Å². The van der Waals surface area contributed by atoms with E-state index in [1.807, 2.05) is 38.1 Å². The van der Waals surface area contributed by atoms with Gasteiger partial charge in [-0.15, -0.1) is 0 Å². The first-order chi connectivity index (χ1) is 12.5. The maximum absolute atomic E-state index is 13.1. The highest BCUT2D eigenvalue weighted by molar-refractivity contribution is 6.01. The molecule has 6 heteroatoms. The van der Waals surface area contributed by atoms with Gasteiger partial charge in [-0.25, -0.2) is 9.38 Å². The predicted octanol–water partition coefficient (Wildman–Crippen LogP) is 4.23. The average Bonchev–Trinajstić information content (AvgIpc) is 3.10. The number of oxime groups is 1. The van der Waals surface area contributed by atoms with Crippen molar-refractivity contribution < 1.29 is 14.0 Å². The van der Waals surface area contributed by atoms with E-state index < -0.39 is 0 Å². The Morgan fingerprint density at radius 2 is 2.00 bits per heavy atom. The monoisotopic (exact) mass is 355 g/mol. The van der Waals surface area contributed by atoms with Crippen molar-refractivity contribution in [1.29, 1.82) is 0 Å². The SMILES string of the molecule is COc1cc(N=CN(C)C)c(C)cc1C1CC(c2ccc(F)cc2)=NO1. The van der Waals surface area contributed by atoms with E-state index >= 15 is 0 Å². The average molecular weight is 355 g/mol. The third-order valence-corrected chi connectivity index (χ3v) is 4.17. The van der Waals surface area contributed by atoms with Crippen molar-refractivity contribution in [3.8, 4) is 5.75 Å². The molecule has 3 rings (SSSR count). The molecule has 5 nitrogen and oxygen atoms in total. The molecule has 2 aromatic rings. The summed E-state index contributed by atoms with van der Waals surface area (Å²) in [5.74, 6) is 0.443. The maximum Gasteiger partial charge on any atom is 0.161 e. The number of rotatable bonds is 5. The van der Waals surface area contributed by atoms with Crippen LogP contribution in [-0.2, 0) is 4.84 Å². The van der Waals surface area contributed by atoms with Crippen LogP contribution in [0.4, 0.5) is 10.1 Å². The van der Waals surface area contributed by atoms with Gasteiger partial charge in [-0.1, -0.05) is 17.3 Å². The van der Waals surface area contributed by atoms with Gasteiger partial charge in [0.15, 0.2) is 6.10 Å². The van der Waals surface area contributed by atoms with E-state index in [4.69, 9.17) is 9.57 Å². The summed E-state index contributed by atoms with van der Waals surface area (Å²) >= 11 is 0. The fourth-order valence-corrected chi connectivity index (χ4v) is 2.80. The highest BCUT2D eigenvalue weighted by Gasteiger charge is 2.27. The van der Waals surface area contributed by atoms with Crippen LogP contribution in [0.15, 0.2) is 46.5 Å². The van der Waals surface area contributed by atoms with Gasteiger partial charge in [0.2, 0.25) is 0 Å². The largest absolute Gasteiger partial charge is 0.496 e. The highest BCUT2D eigenvalue weighted by atomic mass is 19.1. The van der Waals surface area contributed by atoms with Crippen LogP contribution in [0.2, 0.25) is 0 Å². The third kappa shape index (κ3) is 3.85. The second-order valence-corrected chi connectivity index (χ2v) is 6.43. The Morgan fingerprint density at radius 3 is 2.65 bits per heavy atom. The van der Waals surface area contributed by atoms with Crippen molar-refractivity contribution in [3.63, 3.8) is 0 Å². The second kappa shape index (κ2) is 7.56. The molecule has 136 valence electrons. The van der Waals surface area contributed by atoms with Crippen LogP contribution < -0.4 is 4.74 Å². The second-order valence-electron chi connectivity index (χ2n) is 6.43. The molecule has 0 fully saturated rings. The number of hydrogen-bond donors (Lipinski definition) is 0. The third-order valence-electron chi connectivity index (χ3n) is 4.17. The molecule has 0 spiro atoms. The molecule has 0 saturated carbocycles. The lowest BCUT2D eigenvalue weighted by atomic mass is 9.97. The molecule has 0 aromatic heterocycles. The number of methoxy groups -OCH3 is 1. The van der Waals surface area contributed by atoms with Gasteiger partial charge in [0, 0.05) is 32.1 Å². The zero-order chi connectivity index (χ0) is 18.7. The van der Waals surface area contributed by atoms with Gasteiger partial charge in [0.25, 0.3) is 0 Å². The lowest BCUT2D eigenvalue weighted by Crippen LogP contribution is -2.07. The van der Waals surface area contributed by atoms with Gasteiger partial charge in [0.05, 0.1) is 24.8 Å². The summed E-state index contributed by atoms with van der Waals surface area (Å²) in [4.78, 5) is 12.0. The van der Waals surface area contributed by atoms with E-state index in [9.17, 15) is 4.39 Å². The van der Waals surface area contributed by atoms with Gasteiger partial charge in [-0.2, -0.15) is 0 Å². The molecule has 0 amide bonds. The van der Waals surface area contributed by atoms with Crippen LogP contribution in [0.3, 0.4) is 0 Å². The minimum Gasteiger partial charge on any atom is -0.496 e. The Balaban J connectivity index is 1.84. The van der Waals surface area contributed by atoms with Crippen LogP contribution in [0, 0.1) is 12.7 Å². The summed E-state index contributed by atoms with van der Waals surface area (Å²) < 4.78 is 18.7. The Bertz CT molecular complexity index is 845. The summed E-state index contributed by atoms with van der Waals surface area (Å²) in [5.41, 5.74) is 4.45. The first kappa shape index (κ1) is 17.9. The van der Waals surface area contributed by atoms with Crippen LogP contribution in [0.1, 0.15) is 29.2 Å². The van der Waals surface area contributed by atoms with Crippen LogP contribution >= 0.6 is 0 Å². The molecule has 26 heavy (non-hydrogen) atoms. The van der Waals surface area contributed by atoms with Crippen LogP contribution in [0.25, 0.3) is 0 Å². The molecule has 0 radical (unpaired) electrons. The molecule has 0 N–H and O–H groups in total. The molecule has 1 atom stereocenters. The Kier molecular flexibility index (Phi) is 5.21. The maximum atomic E-state index is 13.1. The summed E-state index contributed by atoms with van der Waals surface area (Å²) in [6, 6.07) is 10.2. The van der Waals surface area contributed by atoms with Crippen molar-refractivity contribution in [2.24, 2.45) is 10.1 Å². The molecular weight excluding hydrogens is 333 g/mol. The number of aryl methyl sites for hydroxylation is 1. The number of aliphatic imine (C=N–C) groups is 1. The van der Waals surface area contributed by atoms with E-state index in [0.717, 1.165) is 28.1 Å². The minimum absolute atomic E-state index is 0.240. The topological polar surface area (TPSA) is 46.4 Å². The quantitative estimate of drug-likeness (QED) is 0.596. The minimum atomic E-state index is -0.268. The number of nitrogens with zero attached hydrogens (tertiary/aromatic N) is 3. The Hall–Kier alpha value is -2.89. The Labute approximate surface area is 152 Å². The molecule has 1 aliphatic rings. The van der Waals surface area contributed by atoms with E-state index in [1.165, 1.54) is 12.1 Å². The van der Waals surface area contributed by atoms with Crippen molar-refractivity contribution in [3.05, 3.63) is 58.9 Å². The van der Waals surface area contributed by atoms with Crippen LogP contribution in [0.5, 0.6) is 5.75 Å². The fraction of sp³-hybridized carbons (Fsp3) is 0.300. The normalized spacial score (nSPS) is 16.5. The zero-order valence-electron chi connectivity index (χ0n) is 15.4. The lowest BCUT2D eigenvalue weighted by Gasteiger charge is -2.16. The molecule has 0 bridgehead atoms. The van der Waals surface area contributed by atoms with Gasteiger partial charge in [-0.05, 0) is 36.2 Å². The Morgan fingerprint density at radius 1 is 1.27 bits per heavy atom. The first-order valence-corrected chi connectivity index (χ1v) is 8.35. The fourth-order valence-electron chi connectivity index (χ4n) is 2.80. The van der Waals surface area contributed by atoms with Gasteiger partial charge in [-0.3, -0.25) is 0 Å². The van der Waals surface area contributed by atoms with E-state index in [0.29, 0.717) is 12.2 Å². The van der Waals surface area contributed by atoms with Crippen molar-refractivity contribution in [1.82, 2.24) is 4.90 Å². The number of benzene rings is 2. The number of ether oxygens (including phenoxy) is 1. The van der Waals surface area contributed by atoms with Gasteiger partial charge < -0.3 is 14.5 Å². The zero-order valence-corrected chi connectivity index (χ0v) is 15.4. The molecule has 1 unspecified atom stereocenters. The summed E-state index contributed by atoms with van der Waals surface area (Å²) in [5, 5.41) is 4.18. The van der Waals surface area contributed by atoms with Crippen molar-refractivity contribution >= 4 is 17.7 Å². The number of halogens is 1.